The summed E-state index contributed by atoms with van der Waals surface area (Å²) in [7, 11) is 0. The Morgan fingerprint density at radius 2 is 2.00 bits per heavy atom. The monoisotopic (exact) mass is 316 g/mol. The minimum Gasteiger partial charge on any atom is -0.469 e. The Morgan fingerprint density at radius 3 is 2.65 bits per heavy atom. The summed E-state index contributed by atoms with van der Waals surface area (Å²) in [4.78, 5) is 26.0. The van der Waals surface area contributed by atoms with E-state index in [-0.39, 0.29) is 30.2 Å². The third kappa shape index (κ3) is 3.83. The molecule has 3 heterocycles. The van der Waals surface area contributed by atoms with Crippen LogP contribution in [0.2, 0.25) is 0 Å². The highest BCUT2D eigenvalue weighted by molar-refractivity contribution is 5.89. The molecule has 0 unspecified atom stereocenters. The number of nitrogens with zero attached hydrogens (tertiary/aromatic N) is 1. The van der Waals surface area contributed by atoms with Gasteiger partial charge in [-0.3, -0.25) is 9.59 Å². The van der Waals surface area contributed by atoms with E-state index in [2.05, 4.69) is 5.32 Å². The fraction of sp³-hybridized carbons (Fsp3) is 0.412. The van der Waals surface area contributed by atoms with Gasteiger partial charge in [0.1, 0.15) is 11.5 Å². The van der Waals surface area contributed by atoms with Crippen LogP contribution in [0.5, 0.6) is 0 Å². The first-order chi connectivity index (χ1) is 11.1. The van der Waals surface area contributed by atoms with Gasteiger partial charge in [0.15, 0.2) is 0 Å². The Bertz CT molecular complexity index is 648. The third-order valence-electron chi connectivity index (χ3n) is 3.99. The van der Waals surface area contributed by atoms with Crippen molar-refractivity contribution in [1.82, 2.24) is 10.2 Å². The maximum absolute atomic E-state index is 12.3. The van der Waals surface area contributed by atoms with Crippen LogP contribution in [0.25, 0.3) is 0 Å². The Kier molecular flexibility index (Phi) is 4.50. The van der Waals surface area contributed by atoms with Crippen LogP contribution in [-0.4, -0.2) is 29.3 Å². The van der Waals surface area contributed by atoms with Gasteiger partial charge in [-0.05, 0) is 31.2 Å². The first kappa shape index (κ1) is 15.4. The molecule has 6 nitrogen and oxygen atoms in total. The van der Waals surface area contributed by atoms with Gasteiger partial charge in [0.2, 0.25) is 11.8 Å². The molecule has 0 spiro atoms. The SMILES string of the molecule is C[C@H](Cc1ccco1)NC(=O)[C@@H]1CC(=O)N(Cc2ccco2)C1. The number of hydrogen-bond donors (Lipinski definition) is 1. The van der Waals surface area contributed by atoms with Gasteiger partial charge in [-0.25, -0.2) is 0 Å². The van der Waals surface area contributed by atoms with Crippen molar-refractivity contribution in [3.05, 3.63) is 48.3 Å². The van der Waals surface area contributed by atoms with Crippen molar-refractivity contribution in [3.8, 4) is 0 Å². The highest BCUT2D eigenvalue weighted by atomic mass is 16.3. The molecular weight excluding hydrogens is 296 g/mol. The Balaban J connectivity index is 1.51. The molecule has 0 radical (unpaired) electrons. The van der Waals surface area contributed by atoms with Gasteiger partial charge < -0.3 is 19.1 Å². The van der Waals surface area contributed by atoms with Gasteiger partial charge in [0, 0.05) is 25.4 Å². The van der Waals surface area contributed by atoms with E-state index in [1.54, 1.807) is 23.5 Å². The topological polar surface area (TPSA) is 75.7 Å². The number of carbonyl (C=O) groups is 2. The van der Waals surface area contributed by atoms with E-state index in [9.17, 15) is 9.59 Å². The Morgan fingerprint density at radius 1 is 1.30 bits per heavy atom. The molecule has 1 saturated heterocycles. The van der Waals surface area contributed by atoms with E-state index in [1.807, 2.05) is 25.1 Å². The summed E-state index contributed by atoms with van der Waals surface area (Å²) in [6.45, 7) is 2.77. The summed E-state index contributed by atoms with van der Waals surface area (Å²) < 4.78 is 10.5. The van der Waals surface area contributed by atoms with Crippen molar-refractivity contribution < 1.29 is 18.4 Å². The van der Waals surface area contributed by atoms with Crippen LogP contribution in [-0.2, 0) is 22.6 Å². The van der Waals surface area contributed by atoms with Crippen LogP contribution in [0.4, 0.5) is 0 Å². The fourth-order valence-corrected chi connectivity index (χ4v) is 2.83. The second-order valence-corrected chi connectivity index (χ2v) is 5.95. The van der Waals surface area contributed by atoms with Crippen molar-refractivity contribution in [1.29, 1.82) is 0 Å². The van der Waals surface area contributed by atoms with Crippen molar-refractivity contribution in [2.24, 2.45) is 5.92 Å². The van der Waals surface area contributed by atoms with Crippen LogP contribution in [0.1, 0.15) is 24.9 Å². The fourth-order valence-electron chi connectivity index (χ4n) is 2.83. The van der Waals surface area contributed by atoms with Gasteiger partial charge in [-0.1, -0.05) is 0 Å². The third-order valence-corrected chi connectivity index (χ3v) is 3.99. The van der Waals surface area contributed by atoms with Gasteiger partial charge in [-0.15, -0.1) is 0 Å². The summed E-state index contributed by atoms with van der Waals surface area (Å²) >= 11 is 0. The molecule has 6 heteroatoms. The molecule has 2 aromatic heterocycles. The summed E-state index contributed by atoms with van der Waals surface area (Å²) in [5, 5.41) is 2.96. The second kappa shape index (κ2) is 6.73. The first-order valence-electron chi connectivity index (χ1n) is 7.74. The van der Waals surface area contributed by atoms with Crippen molar-refractivity contribution >= 4 is 11.8 Å². The number of rotatable bonds is 6. The van der Waals surface area contributed by atoms with E-state index >= 15 is 0 Å². The zero-order valence-corrected chi connectivity index (χ0v) is 13.0. The Labute approximate surface area is 134 Å². The number of likely N-dealkylation sites (tertiary alicyclic amines) is 1. The van der Waals surface area contributed by atoms with Gasteiger partial charge >= 0.3 is 0 Å². The lowest BCUT2D eigenvalue weighted by Gasteiger charge is -2.17. The minimum atomic E-state index is -0.309. The Hall–Kier alpha value is -2.50. The molecule has 0 saturated carbocycles. The van der Waals surface area contributed by atoms with Crippen molar-refractivity contribution in [3.63, 3.8) is 0 Å². The number of nitrogens with one attached hydrogen (secondary N) is 1. The minimum absolute atomic E-state index is 0.0137. The van der Waals surface area contributed by atoms with Gasteiger partial charge in [0.05, 0.1) is 25.0 Å². The number of carbonyl (C=O) groups excluding carboxylic acids is 2. The molecule has 0 bridgehead atoms. The molecule has 1 fully saturated rings. The number of furan rings is 2. The van der Waals surface area contributed by atoms with E-state index in [0.717, 1.165) is 11.5 Å². The van der Waals surface area contributed by atoms with Gasteiger partial charge in [0.25, 0.3) is 0 Å². The summed E-state index contributed by atoms with van der Waals surface area (Å²) in [5.74, 6) is 1.15. The molecule has 2 amide bonds. The molecule has 3 rings (SSSR count). The zero-order valence-electron chi connectivity index (χ0n) is 13.0. The second-order valence-electron chi connectivity index (χ2n) is 5.95. The summed E-state index contributed by atoms with van der Waals surface area (Å²) in [6.07, 6.45) is 4.08. The molecule has 0 aromatic carbocycles. The predicted molar refractivity (Wildman–Crippen MR) is 82.2 cm³/mol. The van der Waals surface area contributed by atoms with Crippen molar-refractivity contribution in [2.45, 2.75) is 32.4 Å². The van der Waals surface area contributed by atoms with Crippen LogP contribution in [0.15, 0.2) is 45.6 Å². The molecule has 23 heavy (non-hydrogen) atoms. The summed E-state index contributed by atoms with van der Waals surface area (Å²) in [5.41, 5.74) is 0. The lowest BCUT2D eigenvalue weighted by molar-refractivity contribution is -0.129. The number of hydrogen-bond acceptors (Lipinski definition) is 4. The number of amides is 2. The molecule has 1 aliphatic rings. The highest BCUT2D eigenvalue weighted by Crippen LogP contribution is 2.21. The van der Waals surface area contributed by atoms with E-state index in [0.29, 0.717) is 19.5 Å². The van der Waals surface area contributed by atoms with Crippen LogP contribution in [0, 0.1) is 5.92 Å². The van der Waals surface area contributed by atoms with E-state index in [4.69, 9.17) is 8.83 Å². The smallest absolute Gasteiger partial charge is 0.225 e. The van der Waals surface area contributed by atoms with E-state index in [1.165, 1.54) is 0 Å². The normalized spacial score (nSPS) is 19.1. The maximum atomic E-state index is 12.3. The largest absolute Gasteiger partial charge is 0.469 e. The quantitative estimate of drug-likeness (QED) is 0.884. The first-order valence-corrected chi connectivity index (χ1v) is 7.74. The zero-order chi connectivity index (χ0) is 16.2. The van der Waals surface area contributed by atoms with Crippen LogP contribution >= 0.6 is 0 Å². The predicted octanol–water partition coefficient (Wildman–Crippen LogP) is 1.97. The van der Waals surface area contributed by atoms with Crippen molar-refractivity contribution in [2.75, 3.05) is 6.54 Å². The lowest BCUT2D eigenvalue weighted by atomic mass is 10.1. The lowest BCUT2D eigenvalue weighted by Crippen LogP contribution is -2.39. The highest BCUT2D eigenvalue weighted by Gasteiger charge is 2.35. The summed E-state index contributed by atoms with van der Waals surface area (Å²) in [6, 6.07) is 7.28. The average molecular weight is 316 g/mol. The van der Waals surface area contributed by atoms with Crippen LogP contribution in [0.3, 0.4) is 0 Å². The maximum Gasteiger partial charge on any atom is 0.225 e. The molecule has 2 aromatic rings. The average Bonchev–Trinajstić information content (AvgIpc) is 3.23. The van der Waals surface area contributed by atoms with Gasteiger partial charge in [-0.2, -0.15) is 0 Å². The molecule has 122 valence electrons. The molecule has 2 atom stereocenters. The van der Waals surface area contributed by atoms with E-state index < -0.39 is 0 Å². The molecule has 0 aliphatic carbocycles. The van der Waals surface area contributed by atoms with Crippen LogP contribution < -0.4 is 5.32 Å². The molecule has 1 aliphatic heterocycles. The standard InChI is InChI=1S/C17H20N2O4/c1-12(8-14-4-2-6-22-14)18-17(21)13-9-16(20)19(10-13)11-15-5-3-7-23-15/h2-7,12-13H,8-11H2,1H3,(H,18,21)/t12-,13-/m1/s1. The molecular formula is C17H20N2O4. The molecule has 1 N–H and O–H groups in total.